The van der Waals surface area contributed by atoms with E-state index in [9.17, 15) is 5.11 Å². The third kappa shape index (κ3) is 3.68. The number of aliphatic hydroxyl groups excluding tert-OH is 1. The van der Waals surface area contributed by atoms with Gasteiger partial charge in [0.1, 0.15) is 0 Å². The normalized spacial score (nSPS) is 18.4. The fourth-order valence-electron chi connectivity index (χ4n) is 3.33. The molecule has 0 aromatic heterocycles. The molecule has 2 aromatic carbocycles. The van der Waals surface area contributed by atoms with E-state index in [1.165, 1.54) is 0 Å². The maximum absolute atomic E-state index is 10.6. The lowest BCUT2D eigenvalue weighted by molar-refractivity contribution is 0.109. The minimum atomic E-state index is -0.535. The average molecular weight is 361 g/mol. The molecule has 0 amide bonds. The van der Waals surface area contributed by atoms with Crippen LogP contribution in [0.4, 0.5) is 5.69 Å². The lowest BCUT2D eigenvalue weighted by Gasteiger charge is -2.37. The van der Waals surface area contributed by atoms with Crippen LogP contribution in [0.2, 0.25) is 5.02 Å². The molecule has 1 atom stereocenters. The van der Waals surface area contributed by atoms with E-state index in [1.54, 1.807) is 0 Å². The lowest BCUT2D eigenvalue weighted by Crippen LogP contribution is -2.47. The second-order valence-electron chi connectivity index (χ2n) is 6.40. The summed E-state index contributed by atoms with van der Waals surface area (Å²) in [5, 5.41) is 11.3. The third-order valence-corrected chi connectivity index (χ3v) is 4.99. The molecule has 0 radical (unpaired) electrons. The van der Waals surface area contributed by atoms with E-state index in [0.29, 0.717) is 12.3 Å². The molecular formula is C19H21ClN2O3. The molecule has 0 saturated carbocycles. The number of hydrogen-bond acceptors (Lipinski definition) is 5. The summed E-state index contributed by atoms with van der Waals surface area (Å²) in [6.45, 7) is 4.54. The Hall–Kier alpha value is -1.95. The minimum absolute atomic E-state index is 0.250. The highest BCUT2D eigenvalue weighted by atomic mass is 35.5. The molecule has 1 unspecified atom stereocenters. The van der Waals surface area contributed by atoms with E-state index in [0.717, 1.165) is 48.2 Å². The SMILES string of the molecule is OC(CN1CCN(c2cccc(Cl)c2)CC1)c1ccc2c(c1)OCO2. The molecule has 1 saturated heterocycles. The van der Waals surface area contributed by atoms with Crippen LogP contribution in [0.15, 0.2) is 42.5 Å². The highest BCUT2D eigenvalue weighted by Crippen LogP contribution is 2.34. The van der Waals surface area contributed by atoms with Gasteiger partial charge in [-0.25, -0.2) is 0 Å². The van der Waals surface area contributed by atoms with Crippen molar-refractivity contribution in [2.45, 2.75) is 6.10 Å². The first-order valence-electron chi connectivity index (χ1n) is 8.49. The number of halogens is 1. The standard InChI is InChI=1S/C19H21ClN2O3/c20-15-2-1-3-16(11-15)22-8-6-21(7-9-22)12-17(23)14-4-5-18-19(10-14)25-13-24-18/h1-5,10-11,17,23H,6-9,12-13H2. The first-order valence-corrected chi connectivity index (χ1v) is 8.87. The number of hydrogen-bond donors (Lipinski definition) is 1. The van der Waals surface area contributed by atoms with Crippen LogP contribution in [0.25, 0.3) is 0 Å². The van der Waals surface area contributed by atoms with Crippen molar-refractivity contribution in [3.05, 3.63) is 53.1 Å². The average Bonchev–Trinajstić information content (AvgIpc) is 3.10. The number of rotatable bonds is 4. The summed E-state index contributed by atoms with van der Waals surface area (Å²) in [4.78, 5) is 4.62. The highest BCUT2D eigenvalue weighted by molar-refractivity contribution is 6.30. The number of piperazine rings is 1. The zero-order valence-corrected chi connectivity index (χ0v) is 14.7. The summed E-state index contributed by atoms with van der Waals surface area (Å²) < 4.78 is 10.7. The first kappa shape index (κ1) is 16.5. The van der Waals surface area contributed by atoms with Crippen LogP contribution >= 0.6 is 11.6 Å². The summed E-state index contributed by atoms with van der Waals surface area (Å²) in [7, 11) is 0. The van der Waals surface area contributed by atoms with Gasteiger partial charge >= 0.3 is 0 Å². The largest absolute Gasteiger partial charge is 0.454 e. The van der Waals surface area contributed by atoms with Crippen molar-refractivity contribution in [1.82, 2.24) is 4.90 Å². The molecule has 1 fully saturated rings. The zero-order valence-electron chi connectivity index (χ0n) is 13.9. The second-order valence-corrected chi connectivity index (χ2v) is 6.83. The summed E-state index contributed by atoms with van der Waals surface area (Å²) in [6, 6.07) is 13.6. The van der Waals surface area contributed by atoms with Crippen molar-refractivity contribution < 1.29 is 14.6 Å². The van der Waals surface area contributed by atoms with Crippen molar-refractivity contribution in [2.24, 2.45) is 0 Å². The van der Waals surface area contributed by atoms with E-state index >= 15 is 0 Å². The molecule has 5 nitrogen and oxygen atoms in total. The van der Waals surface area contributed by atoms with Crippen molar-refractivity contribution in [1.29, 1.82) is 0 Å². The number of anilines is 1. The second kappa shape index (κ2) is 7.12. The molecule has 132 valence electrons. The van der Waals surface area contributed by atoms with Gasteiger partial charge in [0.15, 0.2) is 11.5 Å². The van der Waals surface area contributed by atoms with Gasteiger partial charge in [-0.2, -0.15) is 0 Å². The molecule has 25 heavy (non-hydrogen) atoms. The Morgan fingerprint density at radius 1 is 1.00 bits per heavy atom. The quantitative estimate of drug-likeness (QED) is 0.908. The lowest BCUT2D eigenvalue weighted by atomic mass is 10.1. The van der Waals surface area contributed by atoms with Gasteiger partial charge in [-0.3, -0.25) is 4.90 Å². The van der Waals surface area contributed by atoms with Gasteiger partial charge in [-0.05, 0) is 35.9 Å². The maximum Gasteiger partial charge on any atom is 0.231 e. The Balaban J connectivity index is 1.34. The summed E-state index contributed by atoms with van der Waals surface area (Å²) >= 11 is 6.08. The van der Waals surface area contributed by atoms with Crippen LogP contribution in [0.5, 0.6) is 11.5 Å². The van der Waals surface area contributed by atoms with Gasteiger partial charge in [0, 0.05) is 43.4 Å². The van der Waals surface area contributed by atoms with Gasteiger partial charge in [0.2, 0.25) is 6.79 Å². The predicted octanol–water partition coefficient (Wildman–Crippen LogP) is 2.92. The summed E-state index contributed by atoms with van der Waals surface area (Å²) in [6.07, 6.45) is -0.535. The summed E-state index contributed by atoms with van der Waals surface area (Å²) in [5.41, 5.74) is 2.02. The van der Waals surface area contributed by atoms with Crippen molar-refractivity contribution in [3.63, 3.8) is 0 Å². The van der Waals surface area contributed by atoms with Crippen LogP contribution in [-0.2, 0) is 0 Å². The smallest absolute Gasteiger partial charge is 0.231 e. The van der Waals surface area contributed by atoms with Gasteiger partial charge in [0.25, 0.3) is 0 Å². The molecule has 2 aliphatic rings. The Kier molecular flexibility index (Phi) is 4.70. The Morgan fingerprint density at radius 2 is 1.80 bits per heavy atom. The molecule has 0 spiro atoms. The van der Waals surface area contributed by atoms with Crippen LogP contribution < -0.4 is 14.4 Å². The first-order chi connectivity index (χ1) is 12.2. The van der Waals surface area contributed by atoms with E-state index < -0.39 is 6.10 Å². The zero-order chi connectivity index (χ0) is 17.2. The Bertz CT molecular complexity index is 747. The molecule has 2 aliphatic heterocycles. The third-order valence-electron chi connectivity index (χ3n) is 4.76. The fraction of sp³-hybridized carbons (Fsp3) is 0.368. The number of fused-ring (bicyclic) bond motifs is 1. The van der Waals surface area contributed by atoms with E-state index in [1.807, 2.05) is 36.4 Å². The van der Waals surface area contributed by atoms with Crippen LogP contribution in [-0.4, -0.2) is 49.5 Å². The topological polar surface area (TPSA) is 45.2 Å². The van der Waals surface area contributed by atoms with Crippen LogP contribution in [0.1, 0.15) is 11.7 Å². The molecule has 2 aromatic rings. The van der Waals surface area contributed by atoms with Gasteiger partial charge in [0.05, 0.1) is 6.10 Å². The molecule has 6 heteroatoms. The predicted molar refractivity (Wildman–Crippen MR) is 97.6 cm³/mol. The van der Waals surface area contributed by atoms with Crippen molar-refractivity contribution in [3.8, 4) is 11.5 Å². The number of nitrogens with zero attached hydrogens (tertiary/aromatic N) is 2. The number of aliphatic hydroxyl groups is 1. The minimum Gasteiger partial charge on any atom is -0.454 e. The summed E-state index contributed by atoms with van der Waals surface area (Å²) in [5.74, 6) is 1.45. The van der Waals surface area contributed by atoms with Crippen LogP contribution in [0.3, 0.4) is 0 Å². The molecular weight excluding hydrogens is 340 g/mol. The Morgan fingerprint density at radius 3 is 2.60 bits per heavy atom. The fourth-order valence-corrected chi connectivity index (χ4v) is 3.52. The van der Waals surface area contributed by atoms with Gasteiger partial charge < -0.3 is 19.5 Å². The molecule has 0 bridgehead atoms. The van der Waals surface area contributed by atoms with Crippen LogP contribution in [0, 0.1) is 0 Å². The number of ether oxygens (including phenoxy) is 2. The van der Waals surface area contributed by atoms with E-state index in [4.69, 9.17) is 21.1 Å². The number of benzene rings is 2. The van der Waals surface area contributed by atoms with E-state index in [-0.39, 0.29) is 6.79 Å². The molecule has 0 aliphatic carbocycles. The molecule has 4 rings (SSSR count). The van der Waals surface area contributed by atoms with Gasteiger partial charge in [-0.15, -0.1) is 0 Å². The highest BCUT2D eigenvalue weighted by Gasteiger charge is 2.22. The molecule has 1 N–H and O–H groups in total. The maximum atomic E-state index is 10.6. The van der Waals surface area contributed by atoms with Crippen molar-refractivity contribution >= 4 is 17.3 Å². The van der Waals surface area contributed by atoms with Crippen molar-refractivity contribution in [2.75, 3.05) is 44.4 Å². The monoisotopic (exact) mass is 360 g/mol. The van der Waals surface area contributed by atoms with E-state index in [2.05, 4.69) is 15.9 Å². The van der Waals surface area contributed by atoms with Gasteiger partial charge in [-0.1, -0.05) is 23.7 Å². The molecule has 2 heterocycles. The Labute approximate surface area is 152 Å². The number of β-amino-alcohol motifs (C(OH)–C–C–N with tert-alkyl or cyclic N) is 1.